The van der Waals surface area contributed by atoms with Crippen molar-refractivity contribution < 1.29 is 23.8 Å². The number of carbonyl (C=O) groups excluding carboxylic acids is 2. The van der Waals surface area contributed by atoms with Gasteiger partial charge < -0.3 is 18.8 Å². The van der Waals surface area contributed by atoms with Crippen LogP contribution in [0.15, 0.2) is 24.3 Å². The summed E-state index contributed by atoms with van der Waals surface area (Å²) in [5, 5.41) is 0.386. The zero-order valence-corrected chi connectivity index (χ0v) is 17.0. The van der Waals surface area contributed by atoms with Crippen LogP contribution in [0.25, 0.3) is 0 Å². The number of rotatable bonds is 7. The maximum atomic E-state index is 12.6. The summed E-state index contributed by atoms with van der Waals surface area (Å²) in [5.41, 5.74) is 2.58. The van der Waals surface area contributed by atoms with E-state index in [-0.39, 0.29) is 24.1 Å². The van der Waals surface area contributed by atoms with Crippen LogP contribution in [0.3, 0.4) is 0 Å². The van der Waals surface area contributed by atoms with Gasteiger partial charge in [-0.25, -0.2) is 4.79 Å². The summed E-state index contributed by atoms with van der Waals surface area (Å²) < 4.78 is 18.2. The molecule has 6 nitrogen and oxygen atoms in total. The van der Waals surface area contributed by atoms with Gasteiger partial charge in [0, 0.05) is 35.1 Å². The van der Waals surface area contributed by atoms with E-state index in [0.29, 0.717) is 16.3 Å². The van der Waals surface area contributed by atoms with Gasteiger partial charge in [0.1, 0.15) is 11.3 Å². The summed E-state index contributed by atoms with van der Waals surface area (Å²) >= 11 is 5.94. The van der Waals surface area contributed by atoms with Gasteiger partial charge in [-0.15, -0.1) is 0 Å². The van der Waals surface area contributed by atoms with Crippen molar-refractivity contribution >= 4 is 23.4 Å². The van der Waals surface area contributed by atoms with Gasteiger partial charge in [-0.05, 0) is 51.0 Å². The first-order chi connectivity index (χ1) is 13.4. The Labute approximate surface area is 169 Å². The predicted octanol–water partition coefficient (Wildman–Crippen LogP) is 3.99. The summed E-state index contributed by atoms with van der Waals surface area (Å²) in [6, 6.07) is 6.49. The molecule has 1 aromatic carbocycles. The predicted molar refractivity (Wildman–Crippen MR) is 105 cm³/mol. The maximum absolute atomic E-state index is 12.6. The van der Waals surface area contributed by atoms with E-state index in [1.807, 2.05) is 19.9 Å². The summed E-state index contributed by atoms with van der Waals surface area (Å²) in [7, 11) is 1.45. The van der Waals surface area contributed by atoms with Gasteiger partial charge in [-0.1, -0.05) is 11.6 Å². The minimum absolute atomic E-state index is 0.181. The average Bonchev–Trinajstić information content (AvgIpc) is 3.29. The molecule has 1 aromatic heterocycles. The number of aromatic nitrogens is 1. The molecule has 1 fully saturated rings. The third-order valence-electron chi connectivity index (χ3n) is 5.00. The molecule has 1 unspecified atom stereocenters. The lowest BCUT2D eigenvalue weighted by Gasteiger charge is -2.14. The Hall–Kier alpha value is -2.31. The van der Waals surface area contributed by atoms with Crippen LogP contribution in [-0.2, 0) is 16.0 Å². The Morgan fingerprint density at radius 1 is 1.25 bits per heavy atom. The minimum Gasteiger partial charge on any atom is -0.496 e. The molecule has 7 heteroatoms. The van der Waals surface area contributed by atoms with E-state index in [1.165, 1.54) is 13.2 Å². The highest BCUT2D eigenvalue weighted by atomic mass is 35.5. The molecule has 1 saturated heterocycles. The molecule has 1 aliphatic heterocycles. The van der Waals surface area contributed by atoms with Gasteiger partial charge in [0.2, 0.25) is 5.78 Å². The average molecular weight is 406 g/mol. The molecule has 2 aromatic rings. The van der Waals surface area contributed by atoms with Crippen molar-refractivity contribution in [3.05, 3.63) is 51.8 Å². The molecule has 0 aliphatic carbocycles. The number of nitrogens with zero attached hydrogens (tertiary/aromatic N) is 1. The molecule has 150 valence electrons. The number of carbonyl (C=O) groups is 2. The van der Waals surface area contributed by atoms with Crippen molar-refractivity contribution in [2.45, 2.75) is 39.3 Å². The van der Waals surface area contributed by atoms with Crippen LogP contribution < -0.4 is 4.74 Å². The lowest BCUT2D eigenvalue weighted by molar-refractivity contribution is 0.0471. The number of benzene rings is 1. The van der Waals surface area contributed by atoms with E-state index in [4.69, 9.17) is 25.8 Å². The van der Waals surface area contributed by atoms with Crippen LogP contribution in [0, 0.1) is 13.8 Å². The van der Waals surface area contributed by atoms with Gasteiger partial charge in [0.05, 0.1) is 13.2 Å². The van der Waals surface area contributed by atoms with E-state index in [2.05, 4.69) is 4.57 Å². The second kappa shape index (κ2) is 8.80. The number of esters is 1. The molecule has 0 N–H and O–H groups in total. The fourth-order valence-corrected chi connectivity index (χ4v) is 3.65. The molecule has 3 rings (SSSR count). The zero-order valence-electron chi connectivity index (χ0n) is 16.3. The Bertz CT molecular complexity index is 883. The van der Waals surface area contributed by atoms with Crippen LogP contribution in [0.2, 0.25) is 5.02 Å². The number of methoxy groups -OCH3 is 1. The molecule has 0 spiro atoms. The van der Waals surface area contributed by atoms with Gasteiger partial charge in [-0.2, -0.15) is 0 Å². The Kier molecular flexibility index (Phi) is 6.42. The molecule has 0 radical (unpaired) electrons. The fourth-order valence-electron chi connectivity index (χ4n) is 3.48. The number of hydrogen-bond donors (Lipinski definition) is 0. The van der Waals surface area contributed by atoms with E-state index in [1.54, 1.807) is 12.1 Å². The molecule has 0 bridgehead atoms. The summed E-state index contributed by atoms with van der Waals surface area (Å²) in [6.45, 7) is 5.03. The van der Waals surface area contributed by atoms with Crippen molar-refractivity contribution in [3.63, 3.8) is 0 Å². The van der Waals surface area contributed by atoms with E-state index in [9.17, 15) is 9.59 Å². The second-order valence-electron chi connectivity index (χ2n) is 6.87. The molecule has 0 amide bonds. The number of Topliss-reactive ketones (excluding diaryl/α,β-unsaturated/α-hetero) is 1. The third-order valence-corrected chi connectivity index (χ3v) is 5.24. The fraction of sp³-hybridized carbons (Fsp3) is 0.429. The van der Waals surface area contributed by atoms with E-state index >= 15 is 0 Å². The van der Waals surface area contributed by atoms with Crippen LogP contribution in [0.4, 0.5) is 0 Å². The molecule has 0 saturated carbocycles. The van der Waals surface area contributed by atoms with Crippen molar-refractivity contribution in [1.29, 1.82) is 0 Å². The Morgan fingerprint density at radius 2 is 2.04 bits per heavy atom. The first kappa shape index (κ1) is 20.4. The van der Waals surface area contributed by atoms with Gasteiger partial charge >= 0.3 is 5.97 Å². The Morgan fingerprint density at radius 3 is 2.71 bits per heavy atom. The summed E-state index contributed by atoms with van der Waals surface area (Å²) in [5.74, 6) is -0.557. The summed E-state index contributed by atoms with van der Waals surface area (Å²) in [4.78, 5) is 25.0. The Balaban J connectivity index is 1.68. The highest BCUT2D eigenvalue weighted by Crippen LogP contribution is 2.24. The molecular formula is C21H24ClNO5. The van der Waals surface area contributed by atoms with Gasteiger partial charge in [0.15, 0.2) is 6.61 Å². The molecule has 1 aliphatic rings. The molecular weight excluding hydrogens is 382 g/mol. The summed E-state index contributed by atoms with van der Waals surface area (Å²) in [6.07, 6.45) is 2.28. The van der Waals surface area contributed by atoms with Crippen LogP contribution >= 0.6 is 11.6 Å². The number of ketones is 1. The van der Waals surface area contributed by atoms with Crippen molar-refractivity contribution in [2.24, 2.45) is 0 Å². The highest BCUT2D eigenvalue weighted by molar-refractivity contribution is 6.31. The molecule has 28 heavy (non-hydrogen) atoms. The van der Waals surface area contributed by atoms with Gasteiger partial charge in [-0.3, -0.25) is 4.79 Å². The lowest BCUT2D eigenvalue weighted by atomic mass is 10.1. The van der Waals surface area contributed by atoms with Crippen molar-refractivity contribution in [2.75, 3.05) is 20.3 Å². The van der Waals surface area contributed by atoms with Crippen molar-refractivity contribution in [1.82, 2.24) is 4.57 Å². The van der Waals surface area contributed by atoms with Crippen LogP contribution in [0.5, 0.6) is 5.75 Å². The largest absolute Gasteiger partial charge is 0.496 e. The topological polar surface area (TPSA) is 66.8 Å². The molecule has 1 atom stereocenters. The van der Waals surface area contributed by atoms with Gasteiger partial charge in [0.25, 0.3) is 0 Å². The first-order valence-electron chi connectivity index (χ1n) is 9.23. The lowest BCUT2D eigenvalue weighted by Crippen LogP contribution is -2.18. The second-order valence-corrected chi connectivity index (χ2v) is 7.31. The smallest absolute Gasteiger partial charge is 0.342 e. The number of halogens is 1. The maximum Gasteiger partial charge on any atom is 0.342 e. The monoisotopic (exact) mass is 405 g/mol. The zero-order chi connectivity index (χ0) is 20.3. The normalized spacial score (nSPS) is 16.2. The van der Waals surface area contributed by atoms with E-state index < -0.39 is 5.97 Å². The SMILES string of the molecule is COc1ccc(Cl)cc1C(=O)OCC(=O)c1cc(C)n(CC2CCCO2)c1C. The molecule has 2 heterocycles. The van der Waals surface area contributed by atoms with E-state index in [0.717, 1.165) is 37.4 Å². The third kappa shape index (κ3) is 4.39. The number of hydrogen-bond acceptors (Lipinski definition) is 5. The highest BCUT2D eigenvalue weighted by Gasteiger charge is 2.22. The van der Waals surface area contributed by atoms with Crippen LogP contribution in [-0.4, -0.2) is 42.7 Å². The minimum atomic E-state index is -0.652. The first-order valence-corrected chi connectivity index (χ1v) is 9.60. The number of ether oxygens (including phenoxy) is 3. The van der Waals surface area contributed by atoms with Crippen LogP contribution in [0.1, 0.15) is 44.9 Å². The standard InChI is InChI=1S/C21H24ClNO5/c1-13-9-17(14(2)23(13)11-16-5-4-8-27-16)19(24)12-28-21(25)18-10-15(22)6-7-20(18)26-3/h6-7,9-10,16H,4-5,8,11-12H2,1-3H3. The van der Waals surface area contributed by atoms with Crippen molar-refractivity contribution in [3.8, 4) is 5.75 Å². The quantitative estimate of drug-likeness (QED) is 0.514. The number of aryl methyl sites for hydroxylation is 1.